The summed E-state index contributed by atoms with van der Waals surface area (Å²) < 4.78 is 4.37. The molecule has 0 heterocycles. The zero-order valence-corrected chi connectivity index (χ0v) is 7.97. The van der Waals surface area contributed by atoms with Crippen LogP contribution in [0.5, 0.6) is 17.2 Å². The summed E-state index contributed by atoms with van der Waals surface area (Å²) in [6.07, 6.45) is 0. The van der Waals surface area contributed by atoms with E-state index in [1.165, 1.54) is 6.07 Å². The first-order chi connectivity index (χ1) is 6.99. The molecule has 82 valence electrons. The largest absolute Gasteiger partial charge is 0.504 e. The molecule has 5 N–H and O–H groups in total. The highest BCUT2D eigenvalue weighted by Gasteiger charge is 2.22. The van der Waals surface area contributed by atoms with E-state index in [1.807, 2.05) is 0 Å². The number of benzene rings is 1. The number of carbonyl (C=O) groups excluding carboxylic acids is 1. The molecule has 0 unspecified atom stereocenters. The van der Waals surface area contributed by atoms with Crippen molar-refractivity contribution in [3.05, 3.63) is 17.7 Å². The molecule has 0 radical (unpaired) electrons. The van der Waals surface area contributed by atoms with Gasteiger partial charge in [-0.1, -0.05) is 0 Å². The first kappa shape index (κ1) is 11.1. The first-order valence-electron chi connectivity index (χ1n) is 4.06. The highest BCUT2D eigenvalue weighted by Crippen LogP contribution is 2.39. The Morgan fingerprint density at radius 2 is 1.93 bits per heavy atom. The standard InChI is InChI=1S/C9H11NO5/c1-15-9(14)6(10)4-2-3-5(11)8(13)7(4)12/h2-3,6,11-13H,10H2,1H3/t6-/m0/s1. The van der Waals surface area contributed by atoms with E-state index in [0.717, 1.165) is 13.2 Å². The summed E-state index contributed by atoms with van der Waals surface area (Å²) in [5.74, 6) is -2.59. The molecular formula is C9H11NO5. The van der Waals surface area contributed by atoms with Gasteiger partial charge in [-0.05, 0) is 12.1 Å². The number of nitrogens with two attached hydrogens (primary N) is 1. The van der Waals surface area contributed by atoms with Gasteiger partial charge in [0.25, 0.3) is 0 Å². The van der Waals surface area contributed by atoms with Gasteiger partial charge in [0.15, 0.2) is 11.5 Å². The van der Waals surface area contributed by atoms with Gasteiger partial charge in [0.1, 0.15) is 6.04 Å². The highest BCUT2D eigenvalue weighted by molar-refractivity contribution is 5.79. The van der Waals surface area contributed by atoms with Crippen LogP contribution in [-0.2, 0) is 9.53 Å². The molecule has 0 spiro atoms. The van der Waals surface area contributed by atoms with Crippen molar-refractivity contribution in [1.82, 2.24) is 0 Å². The Hall–Kier alpha value is -1.95. The quantitative estimate of drug-likeness (QED) is 0.405. The molecule has 0 aliphatic rings. The molecule has 6 heteroatoms. The summed E-state index contributed by atoms with van der Waals surface area (Å²) in [6.45, 7) is 0. The summed E-state index contributed by atoms with van der Waals surface area (Å²) in [7, 11) is 1.15. The summed E-state index contributed by atoms with van der Waals surface area (Å²) in [5, 5.41) is 27.6. The molecule has 1 aromatic rings. The fourth-order valence-corrected chi connectivity index (χ4v) is 1.09. The molecule has 1 atom stereocenters. The monoisotopic (exact) mass is 213 g/mol. The number of phenolic OH excluding ortho intramolecular Hbond substituents is 3. The van der Waals surface area contributed by atoms with Gasteiger partial charge in [0.05, 0.1) is 7.11 Å². The van der Waals surface area contributed by atoms with Crippen LogP contribution in [0.3, 0.4) is 0 Å². The van der Waals surface area contributed by atoms with Gasteiger partial charge in [-0.3, -0.25) is 4.79 Å². The van der Waals surface area contributed by atoms with Crippen LogP contribution in [0.4, 0.5) is 0 Å². The number of hydrogen-bond acceptors (Lipinski definition) is 6. The summed E-state index contributed by atoms with van der Waals surface area (Å²) in [5.41, 5.74) is 5.43. The average Bonchev–Trinajstić information content (AvgIpc) is 2.24. The Kier molecular flexibility index (Phi) is 3.01. The van der Waals surface area contributed by atoms with Crippen molar-refractivity contribution in [3.8, 4) is 17.2 Å². The lowest BCUT2D eigenvalue weighted by Crippen LogP contribution is -2.22. The number of rotatable bonds is 2. The van der Waals surface area contributed by atoms with Crippen LogP contribution in [0.15, 0.2) is 12.1 Å². The van der Waals surface area contributed by atoms with Crippen LogP contribution in [0.1, 0.15) is 11.6 Å². The number of phenols is 3. The minimum absolute atomic E-state index is 0.0165. The normalized spacial score (nSPS) is 12.1. The second-order valence-electron chi connectivity index (χ2n) is 2.87. The van der Waals surface area contributed by atoms with Gasteiger partial charge in [-0.2, -0.15) is 0 Å². The Balaban J connectivity index is 3.16. The third-order valence-corrected chi connectivity index (χ3v) is 1.95. The van der Waals surface area contributed by atoms with Gasteiger partial charge in [0, 0.05) is 5.56 Å². The molecule has 0 saturated carbocycles. The van der Waals surface area contributed by atoms with E-state index in [-0.39, 0.29) is 5.56 Å². The molecule has 0 bridgehead atoms. The number of ether oxygens (including phenoxy) is 1. The maximum Gasteiger partial charge on any atom is 0.327 e. The maximum atomic E-state index is 11.1. The average molecular weight is 213 g/mol. The van der Waals surface area contributed by atoms with Crippen LogP contribution in [0.2, 0.25) is 0 Å². The van der Waals surface area contributed by atoms with Crippen molar-refractivity contribution in [1.29, 1.82) is 0 Å². The Morgan fingerprint density at radius 1 is 1.33 bits per heavy atom. The van der Waals surface area contributed by atoms with Crippen molar-refractivity contribution < 1.29 is 24.9 Å². The van der Waals surface area contributed by atoms with Gasteiger partial charge in [-0.25, -0.2) is 0 Å². The smallest absolute Gasteiger partial charge is 0.327 e. The van der Waals surface area contributed by atoms with Gasteiger partial charge >= 0.3 is 5.97 Å². The molecular weight excluding hydrogens is 202 g/mol. The van der Waals surface area contributed by atoms with E-state index >= 15 is 0 Å². The molecule has 0 amide bonds. The van der Waals surface area contributed by atoms with Crippen molar-refractivity contribution in [2.45, 2.75) is 6.04 Å². The minimum Gasteiger partial charge on any atom is -0.504 e. The van der Waals surface area contributed by atoms with Crippen molar-refractivity contribution in [2.24, 2.45) is 5.73 Å². The number of methoxy groups -OCH3 is 1. The van der Waals surface area contributed by atoms with E-state index in [2.05, 4.69) is 4.74 Å². The topological polar surface area (TPSA) is 113 Å². The Labute approximate surface area is 85.5 Å². The fraction of sp³-hybridized carbons (Fsp3) is 0.222. The van der Waals surface area contributed by atoms with Crippen molar-refractivity contribution >= 4 is 5.97 Å². The number of aromatic hydroxyl groups is 3. The molecule has 1 aromatic carbocycles. The van der Waals surface area contributed by atoms with Gasteiger partial charge in [0.2, 0.25) is 5.75 Å². The molecule has 0 aromatic heterocycles. The van der Waals surface area contributed by atoms with Gasteiger partial charge < -0.3 is 25.8 Å². The van der Waals surface area contributed by atoms with Crippen LogP contribution >= 0.6 is 0 Å². The Morgan fingerprint density at radius 3 is 2.47 bits per heavy atom. The second-order valence-corrected chi connectivity index (χ2v) is 2.87. The van der Waals surface area contributed by atoms with E-state index in [9.17, 15) is 15.0 Å². The van der Waals surface area contributed by atoms with Crippen molar-refractivity contribution in [3.63, 3.8) is 0 Å². The SMILES string of the molecule is COC(=O)[C@@H](N)c1ccc(O)c(O)c1O. The molecule has 0 aliphatic carbocycles. The lowest BCUT2D eigenvalue weighted by molar-refractivity contribution is -0.142. The fourth-order valence-electron chi connectivity index (χ4n) is 1.09. The van der Waals surface area contributed by atoms with Crippen LogP contribution in [0.25, 0.3) is 0 Å². The molecule has 1 rings (SSSR count). The van der Waals surface area contributed by atoms with E-state index in [1.54, 1.807) is 0 Å². The summed E-state index contributed by atoms with van der Waals surface area (Å²) >= 11 is 0. The lowest BCUT2D eigenvalue weighted by atomic mass is 10.1. The predicted octanol–water partition coefficient (Wildman–Crippen LogP) is -0.0238. The molecule has 15 heavy (non-hydrogen) atoms. The minimum atomic E-state index is -1.21. The van der Waals surface area contributed by atoms with Crippen molar-refractivity contribution in [2.75, 3.05) is 7.11 Å². The van der Waals surface area contributed by atoms with Gasteiger partial charge in [-0.15, -0.1) is 0 Å². The van der Waals surface area contributed by atoms with E-state index in [0.29, 0.717) is 0 Å². The molecule has 0 saturated heterocycles. The lowest BCUT2D eigenvalue weighted by Gasteiger charge is -2.12. The third-order valence-electron chi connectivity index (χ3n) is 1.95. The highest BCUT2D eigenvalue weighted by atomic mass is 16.5. The predicted molar refractivity (Wildman–Crippen MR) is 50.4 cm³/mol. The number of carbonyl (C=O) groups is 1. The first-order valence-corrected chi connectivity index (χ1v) is 4.06. The molecule has 0 aliphatic heterocycles. The molecule has 6 nitrogen and oxygen atoms in total. The molecule has 0 fully saturated rings. The second kappa shape index (κ2) is 4.05. The van der Waals surface area contributed by atoms with Crippen LogP contribution in [0, 0.1) is 0 Å². The number of hydrogen-bond donors (Lipinski definition) is 4. The summed E-state index contributed by atoms with van der Waals surface area (Å²) in [6, 6.07) is 1.14. The van der Waals surface area contributed by atoms with Crippen LogP contribution in [-0.4, -0.2) is 28.4 Å². The van der Waals surface area contributed by atoms with Crippen LogP contribution < -0.4 is 5.73 Å². The van der Waals surface area contributed by atoms with E-state index < -0.39 is 29.3 Å². The third kappa shape index (κ3) is 1.94. The Bertz CT molecular complexity index is 390. The van der Waals surface area contributed by atoms with E-state index in [4.69, 9.17) is 10.8 Å². The number of esters is 1. The zero-order chi connectivity index (χ0) is 11.6. The summed E-state index contributed by atoms with van der Waals surface area (Å²) in [4.78, 5) is 11.1. The maximum absolute atomic E-state index is 11.1. The zero-order valence-electron chi connectivity index (χ0n) is 7.97.